The minimum Gasteiger partial charge on any atom is -0.508 e. The second kappa shape index (κ2) is 9.67. The summed E-state index contributed by atoms with van der Waals surface area (Å²) in [6, 6.07) is 18.3. The molecule has 1 N–H and O–H groups in total. The number of phenols is 1. The average Bonchev–Trinajstić information content (AvgIpc) is 3.15. The summed E-state index contributed by atoms with van der Waals surface area (Å²) in [6.07, 6.45) is 6.20. The number of anilines is 1. The Kier molecular flexibility index (Phi) is 6.31. The van der Waals surface area contributed by atoms with E-state index in [1.165, 1.54) is 17.7 Å². The molecule has 2 aliphatic rings. The first-order valence-electron chi connectivity index (χ1n) is 11.8. The molecule has 5 nitrogen and oxygen atoms in total. The number of pyridine rings is 1. The zero-order chi connectivity index (χ0) is 22.6. The van der Waals surface area contributed by atoms with Crippen LogP contribution in [0.5, 0.6) is 11.5 Å². The Morgan fingerprint density at radius 3 is 2.76 bits per heavy atom. The quantitative estimate of drug-likeness (QED) is 0.616. The lowest BCUT2D eigenvalue weighted by Gasteiger charge is -2.23. The molecule has 33 heavy (non-hydrogen) atoms. The van der Waals surface area contributed by atoms with Crippen LogP contribution < -0.4 is 9.64 Å². The molecule has 1 aromatic heterocycles. The number of nitrogens with zero attached hydrogens (tertiary/aromatic N) is 3. The maximum absolute atomic E-state index is 10.1. The van der Waals surface area contributed by atoms with Gasteiger partial charge in [-0.15, -0.1) is 0 Å². The van der Waals surface area contributed by atoms with Crippen molar-refractivity contribution in [3.05, 3.63) is 89.3 Å². The molecular formula is C28H31N3O2. The molecule has 0 atom stereocenters. The van der Waals surface area contributed by atoms with Gasteiger partial charge in [-0.25, -0.2) is 0 Å². The van der Waals surface area contributed by atoms with Crippen molar-refractivity contribution in [1.82, 2.24) is 9.88 Å². The highest BCUT2D eigenvalue weighted by molar-refractivity contribution is 5.85. The van der Waals surface area contributed by atoms with Crippen molar-refractivity contribution >= 4 is 11.3 Å². The molecule has 3 heterocycles. The molecule has 0 saturated carbocycles. The second-order valence-electron chi connectivity index (χ2n) is 8.89. The SMILES string of the molecule is Cc1ccc(N2CCCN(CC/C=C3/c4cc(O)ccc4OCc4ncccc43)CC2)cc1. The Hall–Kier alpha value is -3.31. The van der Waals surface area contributed by atoms with Crippen LogP contribution in [0.2, 0.25) is 0 Å². The molecular weight excluding hydrogens is 410 g/mol. The van der Waals surface area contributed by atoms with Gasteiger partial charge in [0.05, 0.1) is 5.69 Å². The Bertz CT molecular complexity index is 1140. The summed E-state index contributed by atoms with van der Waals surface area (Å²) in [5, 5.41) is 10.1. The molecule has 0 amide bonds. The third kappa shape index (κ3) is 4.88. The summed E-state index contributed by atoms with van der Waals surface area (Å²) >= 11 is 0. The number of benzene rings is 2. The highest BCUT2D eigenvalue weighted by Crippen LogP contribution is 2.38. The van der Waals surface area contributed by atoms with Gasteiger partial charge in [0, 0.05) is 49.2 Å². The van der Waals surface area contributed by atoms with E-state index in [2.05, 4.69) is 58.1 Å². The normalized spacial score (nSPS) is 17.6. The van der Waals surface area contributed by atoms with E-state index in [0.717, 1.165) is 67.3 Å². The van der Waals surface area contributed by atoms with E-state index < -0.39 is 0 Å². The first kappa shape index (κ1) is 21.5. The fourth-order valence-electron chi connectivity index (χ4n) is 4.76. The first-order valence-corrected chi connectivity index (χ1v) is 11.8. The summed E-state index contributed by atoms with van der Waals surface area (Å²) in [5.41, 5.74) is 6.68. The molecule has 170 valence electrons. The summed E-state index contributed by atoms with van der Waals surface area (Å²) in [6.45, 7) is 7.92. The maximum atomic E-state index is 10.1. The lowest BCUT2D eigenvalue weighted by Crippen LogP contribution is -2.31. The van der Waals surface area contributed by atoms with Crippen LogP contribution >= 0.6 is 0 Å². The van der Waals surface area contributed by atoms with Crippen molar-refractivity contribution in [2.45, 2.75) is 26.4 Å². The number of aromatic nitrogens is 1. The number of phenolic OH excluding ortho intramolecular Hbond substituents is 1. The summed E-state index contributed by atoms with van der Waals surface area (Å²) in [4.78, 5) is 9.61. The van der Waals surface area contributed by atoms with Crippen LogP contribution in [-0.2, 0) is 6.61 Å². The van der Waals surface area contributed by atoms with Gasteiger partial charge >= 0.3 is 0 Å². The van der Waals surface area contributed by atoms with Crippen molar-refractivity contribution in [3.8, 4) is 11.5 Å². The van der Waals surface area contributed by atoms with Gasteiger partial charge in [0.15, 0.2) is 0 Å². The van der Waals surface area contributed by atoms with E-state index in [1.54, 1.807) is 12.1 Å². The van der Waals surface area contributed by atoms with Gasteiger partial charge < -0.3 is 19.6 Å². The molecule has 0 radical (unpaired) electrons. The number of fused-ring (bicyclic) bond motifs is 2. The standard InChI is InChI=1S/C28H31N3O2/c1-21-7-9-22(10-8-21)31-16-4-15-30(17-18-31)14-3-6-24-25-5-2-13-29-27(25)20-33-28-12-11-23(32)19-26(24)28/h2,5-13,19,32H,3-4,14-18,20H2,1H3/b24-6+. The minimum atomic E-state index is 0.249. The van der Waals surface area contributed by atoms with Crippen LogP contribution in [0, 0.1) is 6.92 Å². The Morgan fingerprint density at radius 1 is 1.00 bits per heavy atom. The molecule has 5 rings (SSSR count). The van der Waals surface area contributed by atoms with Crippen molar-refractivity contribution in [3.63, 3.8) is 0 Å². The Morgan fingerprint density at radius 2 is 1.88 bits per heavy atom. The smallest absolute Gasteiger partial charge is 0.131 e. The Labute approximate surface area is 196 Å². The zero-order valence-electron chi connectivity index (χ0n) is 19.2. The van der Waals surface area contributed by atoms with Crippen LogP contribution in [0.15, 0.2) is 66.9 Å². The Balaban J connectivity index is 1.30. The monoisotopic (exact) mass is 441 g/mol. The fourth-order valence-corrected chi connectivity index (χ4v) is 4.76. The first-order chi connectivity index (χ1) is 16.2. The highest BCUT2D eigenvalue weighted by Gasteiger charge is 2.21. The predicted octanol–water partition coefficient (Wildman–Crippen LogP) is 5.02. The molecule has 1 fully saturated rings. The third-order valence-corrected chi connectivity index (χ3v) is 6.58. The lowest BCUT2D eigenvalue weighted by molar-refractivity contribution is 0.299. The van der Waals surface area contributed by atoms with Gasteiger partial charge in [-0.2, -0.15) is 0 Å². The average molecular weight is 442 g/mol. The van der Waals surface area contributed by atoms with E-state index in [-0.39, 0.29) is 5.75 Å². The van der Waals surface area contributed by atoms with Crippen LogP contribution in [0.3, 0.4) is 0 Å². The van der Waals surface area contributed by atoms with Crippen LogP contribution in [0.4, 0.5) is 5.69 Å². The number of ether oxygens (including phenoxy) is 1. The van der Waals surface area contributed by atoms with Crippen LogP contribution in [-0.4, -0.2) is 47.7 Å². The molecule has 2 aliphatic heterocycles. The third-order valence-electron chi connectivity index (χ3n) is 6.58. The molecule has 3 aromatic rings. The topological polar surface area (TPSA) is 48.8 Å². The van der Waals surface area contributed by atoms with Crippen molar-refractivity contribution in [1.29, 1.82) is 0 Å². The van der Waals surface area contributed by atoms with Gasteiger partial charge in [0.25, 0.3) is 0 Å². The largest absolute Gasteiger partial charge is 0.508 e. The maximum Gasteiger partial charge on any atom is 0.131 e. The summed E-state index contributed by atoms with van der Waals surface area (Å²) in [5.74, 6) is 1.04. The van der Waals surface area contributed by atoms with Gasteiger partial charge in [0.2, 0.25) is 0 Å². The van der Waals surface area contributed by atoms with Gasteiger partial charge in [-0.1, -0.05) is 29.8 Å². The van der Waals surface area contributed by atoms with E-state index in [0.29, 0.717) is 6.61 Å². The molecule has 5 heteroatoms. The van der Waals surface area contributed by atoms with Crippen molar-refractivity contribution in [2.24, 2.45) is 0 Å². The highest BCUT2D eigenvalue weighted by atomic mass is 16.5. The number of hydrogen-bond acceptors (Lipinski definition) is 5. The fraction of sp³-hybridized carbons (Fsp3) is 0.321. The van der Waals surface area contributed by atoms with Gasteiger partial charge in [0.1, 0.15) is 18.1 Å². The number of rotatable bonds is 4. The second-order valence-corrected chi connectivity index (χ2v) is 8.89. The molecule has 0 aliphatic carbocycles. The van der Waals surface area contributed by atoms with E-state index in [9.17, 15) is 5.11 Å². The van der Waals surface area contributed by atoms with E-state index in [4.69, 9.17) is 4.74 Å². The molecule has 0 unspecified atom stereocenters. The number of aromatic hydroxyl groups is 1. The van der Waals surface area contributed by atoms with Gasteiger partial charge in [-0.3, -0.25) is 4.98 Å². The van der Waals surface area contributed by atoms with Crippen molar-refractivity contribution in [2.75, 3.05) is 37.6 Å². The van der Waals surface area contributed by atoms with Crippen LogP contribution in [0.1, 0.15) is 35.2 Å². The van der Waals surface area contributed by atoms with Gasteiger partial charge in [-0.05, 0) is 68.3 Å². The summed E-state index contributed by atoms with van der Waals surface area (Å²) in [7, 11) is 0. The van der Waals surface area contributed by atoms with E-state index in [1.807, 2.05) is 18.3 Å². The molecule has 1 saturated heterocycles. The lowest BCUT2D eigenvalue weighted by atomic mass is 9.95. The molecule has 0 spiro atoms. The number of hydrogen-bond donors (Lipinski definition) is 1. The summed E-state index contributed by atoms with van der Waals surface area (Å²) < 4.78 is 6.00. The molecule has 0 bridgehead atoms. The van der Waals surface area contributed by atoms with Crippen molar-refractivity contribution < 1.29 is 9.84 Å². The predicted molar refractivity (Wildman–Crippen MR) is 133 cm³/mol. The number of aryl methyl sites for hydroxylation is 1. The molecule has 2 aromatic carbocycles. The minimum absolute atomic E-state index is 0.249. The zero-order valence-corrected chi connectivity index (χ0v) is 19.2. The van der Waals surface area contributed by atoms with Crippen LogP contribution in [0.25, 0.3) is 5.57 Å². The van der Waals surface area contributed by atoms with E-state index >= 15 is 0 Å².